The lowest BCUT2D eigenvalue weighted by Gasteiger charge is -2.10. The zero-order valence-corrected chi connectivity index (χ0v) is 43.1. The lowest BCUT2D eigenvalue weighted by molar-refractivity contribution is 0.0713. The number of nitriles is 1. The van der Waals surface area contributed by atoms with E-state index in [9.17, 15) is 24.4 Å². The molecule has 5 aromatic rings. The summed E-state index contributed by atoms with van der Waals surface area (Å²) in [6.07, 6.45) is 33.5. The third-order valence-corrected chi connectivity index (χ3v) is 13.1. The van der Waals surface area contributed by atoms with Crippen molar-refractivity contribution >= 4 is 23.9 Å². The van der Waals surface area contributed by atoms with E-state index in [4.69, 9.17) is 18.9 Å². The first-order valence-electron chi connectivity index (χ1n) is 27.1. The van der Waals surface area contributed by atoms with Crippen LogP contribution in [0, 0.1) is 11.3 Å². The van der Waals surface area contributed by atoms with Gasteiger partial charge < -0.3 is 18.9 Å². The molecule has 0 saturated heterocycles. The molecule has 0 fully saturated rings. The van der Waals surface area contributed by atoms with E-state index in [1.165, 1.54) is 219 Å². The van der Waals surface area contributed by atoms with Gasteiger partial charge in [0.2, 0.25) is 0 Å². The summed E-state index contributed by atoms with van der Waals surface area (Å²) < 4.78 is 22.3. The van der Waals surface area contributed by atoms with Crippen molar-refractivity contribution in [3.05, 3.63) is 154 Å². The molecule has 0 saturated carbocycles. The van der Waals surface area contributed by atoms with Crippen molar-refractivity contribution in [3.63, 3.8) is 0 Å². The Kier molecular flexibility index (Phi) is 26.0. The summed E-state index contributed by atoms with van der Waals surface area (Å²) in [5, 5.41) is 9.73. The number of ether oxygens (including phenoxy) is 4. The van der Waals surface area contributed by atoms with Crippen LogP contribution in [0.15, 0.2) is 115 Å². The maximum Gasteiger partial charge on any atom is 0.343 e. The van der Waals surface area contributed by atoms with Crippen molar-refractivity contribution in [3.8, 4) is 29.1 Å². The minimum atomic E-state index is -0.785. The van der Waals surface area contributed by atoms with Crippen LogP contribution in [0.1, 0.15) is 226 Å². The molecule has 0 radical (unpaired) electrons. The van der Waals surface area contributed by atoms with Gasteiger partial charge >= 0.3 is 23.9 Å². The molecular weight excluding hydrogens is 899 g/mol. The van der Waals surface area contributed by atoms with Gasteiger partial charge in [0, 0.05) is 6.07 Å². The first-order chi connectivity index (χ1) is 35.3. The van der Waals surface area contributed by atoms with Crippen LogP contribution in [0.4, 0.5) is 0 Å². The fraction of sp³-hybridized carbons (Fsp3) is 0.444. The van der Waals surface area contributed by atoms with Crippen molar-refractivity contribution in [2.45, 2.75) is 181 Å². The van der Waals surface area contributed by atoms with Gasteiger partial charge in [0.1, 0.15) is 23.3 Å². The Morgan fingerprint density at radius 3 is 0.944 bits per heavy atom. The molecule has 0 amide bonds. The van der Waals surface area contributed by atoms with Crippen LogP contribution in [-0.2, 0) is 12.8 Å². The molecule has 0 atom stereocenters. The summed E-state index contributed by atoms with van der Waals surface area (Å²) in [6.45, 7) is 4.52. The van der Waals surface area contributed by atoms with Gasteiger partial charge in [0.05, 0.1) is 27.8 Å². The first-order valence-corrected chi connectivity index (χ1v) is 27.1. The first kappa shape index (κ1) is 56.4. The summed E-state index contributed by atoms with van der Waals surface area (Å²) in [5.74, 6) is -1.86. The maximum atomic E-state index is 13.2. The lowest BCUT2D eigenvalue weighted by atomic mass is 10.0. The minimum Gasteiger partial charge on any atom is -0.423 e. The standard InChI is InChI=1S/C63H77NO8/c1-3-5-7-9-11-13-15-17-19-21-23-25-27-49-29-42-56(43-30-49)69-60(65)51-33-35-53(36-34-51)62(67)71-58-46-41-55(48-64)59(47-58)72-63(68)54-39-37-52(38-40-54)61(66)70-57-44-31-50(32-45-57)28-26-24-22-20-18-16-14-12-10-8-6-4-2/h29-47H,3-28H2,1-2H3. The molecule has 0 heterocycles. The number of hydrogen-bond donors (Lipinski definition) is 0. The van der Waals surface area contributed by atoms with E-state index >= 15 is 0 Å². The van der Waals surface area contributed by atoms with Gasteiger partial charge in [-0.15, -0.1) is 0 Å². The molecule has 9 heteroatoms. The van der Waals surface area contributed by atoms with Crippen LogP contribution >= 0.6 is 0 Å². The van der Waals surface area contributed by atoms with Crippen LogP contribution in [0.5, 0.6) is 23.0 Å². The minimum absolute atomic E-state index is 0.0306. The van der Waals surface area contributed by atoms with Gasteiger partial charge in [-0.3, -0.25) is 0 Å². The van der Waals surface area contributed by atoms with Crippen LogP contribution in [0.2, 0.25) is 0 Å². The zero-order chi connectivity index (χ0) is 51.0. The second-order valence-corrected chi connectivity index (χ2v) is 19.0. The van der Waals surface area contributed by atoms with E-state index in [1.54, 1.807) is 24.3 Å². The molecule has 0 bridgehead atoms. The van der Waals surface area contributed by atoms with Crippen molar-refractivity contribution < 1.29 is 38.1 Å². The highest BCUT2D eigenvalue weighted by Gasteiger charge is 2.18. The topological polar surface area (TPSA) is 129 Å². The van der Waals surface area contributed by atoms with E-state index in [-0.39, 0.29) is 39.3 Å². The molecular formula is C63H77NO8. The molecule has 382 valence electrons. The van der Waals surface area contributed by atoms with Gasteiger partial charge in [-0.05, 0) is 122 Å². The van der Waals surface area contributed by atoms with E-state index in [2.05, 4.69) is 13.8 Å². The quantitative estimate of drug-likeness (QED) is 0.0225. The highest BCUT2D eigenvalue weighted by atomic mass is 16.6. The molecule has 0 aliphatic heterocycles. The maximum absolute atomic E-state index is 13.2. The molecule has 72 heavy (non-hydrogen) atoms. The normalized spacial score (nSPS) is 10.9. The van der Waals surface area contributed by atoms with Crippen molar-refractivity contribution in [1.29, 1.82) is 5.26 Å². The summed E-state index contributed by atoms with van der Waals surface area (Å²) in [7, 11) is 0. The molecule has 0 N–H and O–H groups in total. The Bertz CT molecular complexity index is 2420. The third kappa shape index (κ3) is 21.1. The Morgan fingerprint density at radius 1 is 0.347 bits per heavy atom. The molecule has 5 rings (SSSR count). The summed E-state index contributed by atoms with van der Waals surface area (Å²) in [6, 6.07) is 32.9. The smallest absolute Gasteiger partial charge is 0.343 e. The molecule has 9 nitrogen and oxygen atoms in total. The number of unbranched alkanes of at least 4 members (excludes halogenated alkanes) is 22. The van der Waals surface area contributed by atoms with Crippen LogP contribution < -0.4 is 18.9 Å². The monoisotopic (exact) mass is 976 g/mol. The van der Waals surface area contributed by atoms with Crippen molar-refractivity contribution in [1.82, 2.24) is 0 Å². The van der Waals surface area contributed by atoms with E-state index in [1.807, 2.05) is 30.3 Å². The van der Waals surface area contributed by atoms with Crippen LogP contribution in [0.3, 0.4) is 0 Å². The fourth-order valence-corrected chi connectivity index (χ4v) is 8.67. The molecule has 0 aromatic heterocycles. The second-order valence-electron chi connectivity index (χ2n) is 19.0. The van der Waals surface area contributed by atoms with Gasteiger partial charge in [0.25, 0.3) is 0 Å². The van der Waals surface area contributed by atoms with Gasteiger partial charge in [-0.25, -0.2) is 19.2 Å². The third-order valence-electron chi connectivity index (χ3n) is 13.1. The van der Waals surface area contributed by atoms with Crippen molar-refractivity contribution in [2.75, 3.05) is 0 Å². The molecule has 0 aliphatic rings. The molecule has 0 aliphatic carbocycles. The van der Waals surface area contributed by atoms with E-state index < -0.39 is 23.9 Å². The van der Waals surface area contributed by atoms with Gasteiger partial charge in [-0.1, -0.05) is 179 Å². The van der Waals surface area contributed by atoms with Gasteiger partial charge in [-0.2, -0.15) is 5.26 Å². The van der Waals surface area contributed by atoms with Gasteiger partial charge in [0.15, 0.2) is 5.75 Å². The second kappa shape index (κ2) is 33.2. The SMILES string of the molecule is CCCCCCCCCCCCCCc1ccc(OC(=O)c2ccc(C(=O)Oc3ccc(C#N)c(OC(=O)c4ccc(C(=O)Oc5ccc(CCCCCCCCCCCCCC)cc5)cc4)c3)cc2)cc1. The number of aryl methyl sites for hydroxylation is 2. The summed E-state index contributed by atoms with van der Waals surface area (Å²) in [5.41, 5.74) is 3.25. The lowest BCUT2D eigenvalue weighted by Crippen LogP contribution is -2.13. The Balaban J connectivity index is 0.998. The largest absolute Gasteiger partial charge is 0.423 e. The molecule has 0 spiro atoms. The Labute approximate surface area is 429 Å². The predicted octanol–water partition coefficient (Wildman–Crippen LogP) is 16.9. The van der Waals surface area contributed by atoms with Crippen molar-refractivity contribution in [2.24, 2.45) is 0 Å². The average molecular weight is 976 g/mol. The average Bonchev–Trinajstić information content (AvgIpc) is 3.40. The number of carbonyl (C=O) groups excluding carboxylic acids is 4. The number of benzene rings is 5. The molecule has 0 unspecified atom stereocenters. The van der Waals surface area contributed by atoms with E-state index in [0.717, 1.165) is 25.7 Å². The Morgan fingerprint density at radius 2 is 0.625 bits per heavy atom. The Hall–Kier alpha value is -6.53. The van der Waals surface area contributed by atoms with E-state index in [0.29, 0.717) is 11.5 Å². The predicted molar refractivity (Wildman–Crippen MR) is 286 cm³/mol. The van der Waals surface area contributed by atoms with Crippen LogP contribution in [-0.4, -0.2) is 23.9 Å². The highest BCUT2D eigenvalue weighted by Crippen LogP contribution is 2.27. The zero-order valence-electron chi connectivity index (χ0n) is 43.1. The van der Waals surface area contributed by atoms with Crippen LogP contribution in [0.25, 0.3) is 0 Å². The number of nitrogens with zero attached hydrogens (tertiary/aromatic N) is 1. The molecule has 5 aromatic carbocycles. The highest BCUT2D eigenvalue weighted by molar-refractivity contribution is 5.96. The number of esters is 4. The summed E-state index contributed by atoms with van der Waals surface area (Å²) in [4.78, 5) is 52.2. The number of carbonyl (C=O) groups is 4. The number of hydrogen-bond acceptors (Lipinski definition) is 9. The fourth-order valence-electron chi connectivity index (χ4n) is 8.67. The number of rotatable bonds is 34. The summed E-state index contributed by atoms with van der Waals surface area (Å²) >= 11 is 0.